The molecule has 1 aromatic heterocycles. The Hall–Kier alpha value is -1.11. The van der Waals surface area contributed by atoms with Crippen molar-refractivity contribution in [3.8, 4) is 0 Å². The van der Waals surface area contributed by atoms with Crippen LogP contribution in [0.2, 0.25) is 0 Å². The van der Waals surface area contributed by atoms with E-state index in [1.807, 2.05) is 6.92 Å². The smallest absolute Gasteiger partial charge is 0.399 e. The molecule has 22 heavy (non-hydrogen) atoms. The van der Waals surface area contributed by atoms with E-state index in [4.69, 9.17) is 14.3 Å². The molecule has 2 saturated heterocycles. The predicted octanol–water partition coefficient (Wildman–Crippen LogP) is 1.10. The molecular formula is C16H26BN3O2. The summed E-state index contributed by atoms with van der Waals surface area (Å²) in [7, 11) is -0.338. The van der Waals surface area contributed by atoms with Crippen LogP contribution in [0.1, 0.15) is 33.4 Å². The molecule has 6 heteroatoms. The second kappa shape index (κ2) is 5.51. The number of nitrogens with zero attached hydrogens (tertiary/aromatic N) is 2. The van der Waals surface area contributed by atoms with Crippen LogP contribution in [0.4, 0.5) is 5.82 Å². The maximum Gasteiger partial charge on any atom is 0.496 e. The van der Waals surface area contributed by atoms with Crippen LogP contribution in [0.25, 0.3) is 0 Å². The average Bonchev–Trinajstić information content (AvgIpc) is 2.68. The molecule has 2 aliphatic heterocycles. The van der Waals surface area contributed by atoms with E-state index in [-0.39, 0.29) is 18.3 Å². The lowest BCUT2D eigenvalue weighted by Gasteiger charge is -2.32. The number of pyridine rings is 1. The molecule has 0 radical (unpaired) electrons. The third kappa shape index (κ3) is 2.75. The molecule has 2 fully saturated rings. The maximum absolute atomic E-state index is 6.13. The first-order valence-electron chi connectivity index (χ1n) is 8.09. The summed E-state index contributed by atoms with van der Waals surface area (Å²) >= 11 is 0. The minimum absolute atomic E-state index is 0.318. The number of hydrogen-bond donors (Lipinski definition) is 1. The zero-order chi connectivity index (χ0) is 16.0. The summed E-state index contributed by atoms with van der Waals surface area (Å²) in [4.78, 5) is 7.09. The monoisotopic (exact) mass is 303 g/mol. The standard InChI is InChI=1S/C16H26BN3O2/c1-12-13(17-21-15(2,3)16(4,5)22-17)6-7-14(19-12)20-10-8-18-9-11-20/h6-7,18H,8-11H2,1-5H3. The van der Waals surface area contributed by atoms with E-state index in [1.54, 1.807) is 0 Å². The van der Waals surface area contributed by atoms with Crippen molar-refractivity contribution in [2.75, 3.05) is 31.1 Å². The summed E-state index contributed by atoms with van der Waals surface area (Å²) in [6.07, 6.45) is 0. The molecule has 0 unspecified atom stereocenters. The van der Waals surface area contributed by atoms with Crippen molar-refractivity contribution in [1.29, 1.82) is 0 Å². The van der Waals surface area contributed by atoms with Crippen LogP contribution in [0, 0.1) is 6.92 Å². The summed E-state index contributed by atoms with van der Waals surface area (Å²) < 4.78 is 12.3. The highest BCUT2D eigenvalue weighted by molar-refractivity contribution is 6.62. The third-order valence-electron chi connectivity index (χ3n) is 5.06. The van der Waals surface area contributed by atoms with Crippen LogP contribution in [0.15, 0.2) is 12.1 Å². The fraction of sp³-hybridized carbons (Fsp3) is 0.688. The van der Waals surface area contributed by atoms with Gasteiger partial charge in [0.15, 0.2) is 0 Å². The molecule has 0 aliphatic carbocycles. The van der Waals surface area contributed by atoms with Crippen LogP contribution in [0.3, 0.4) is 0 Å². The number of anilines is 1. The average molecular weight is 303 g/mol. The lowest BCUT2D eigenvalue weighted by molar-refractivity contribution is 0.00578. The van der Waals surface area contributed by atoms with Crippen molar-refractivity contribution in [3.05, 3.63) is 17.8 Å². The van der Waals surface area contributed by atoms with Gasteiger partial charge in [-0.05, 0) is 40.7 Å². The summed E-state index contributed by atoms with van der Waals surface area (Å²) in [6, 6.07) is 4.18. The van der Waals surface area contributed by atoms with E-state index in [1.165, 1.54) is 0 Å². The topological polar surface area (TPSA) is 46.6 Å². The van der Waals surface area contributed by atoms with E-state index in [0.717, 1.165) is 43.2 Å². The predicted molar refractivity (Wildman–Crippen MR) is 89.8 cm³/mol. The van der Waals surface area contributed by atoms with E-state index in [9.17, 15) is 0 Å². The number of piperazine rings is 1. The molecule has 0 saturated carbocycles. The third-order valence-corrected chi connectivity index (χ3v) is 5.06. The molecule has 0 amide bonds. The summed E-state index contributed by atoms with van der Waals surface area (Å²) in [5, 5.41) is 3.36. The van der Waals surface area contributed by atoms with Gasteiger partial charge in [0.2, 0.25) is 0 Å². The highest BCUT2D eigenvalue weighted by Gasteiger charge is 2.52. The number of rotatable bonds is 2. The lowest BCUT2D eigenvalue weighted by atomic mass is 9.78. The van der Waals surface area contributed by atoms with Gasteiger partial charge in [-0.25, -0.2) is 4.98 Å². The fourth-order valence-corrected chi connectivity index (χ4v) is 2.85. The Kier molecular flexibility index (Phi) is 3.95. The minimum Gasteiger partial charge on any atom is -0.399 e. The van der Waals surface area contributed by atoms with E-state index in [2.05, 4.69) is 50.0 Å². The molecular weight excluding hydrogens is 277 g/mol. The number of aryl methyl sites for hydroxylation is 1. The summed E-state index contributed by atoms with van der Waals surface area (Å²) in [5.74, 6) is 1.04. The van der Waals surface area contributed by atoms with Gasteiger partial charge in [0.25, 0.3) is 0 Å². The zero-order valence-electron chi connectivity index (χ0n) is 14.3. The second-order valence-electron chi connectivity index (χ2n) is 7.17. The quantitative estimate of drug-likeness (QED) is 0.829. The molecule has 3 rings (SSSR count). The molecule has 120 valence electrons. The normalized spacial score (nSPS) is 23.9. The van der Waals surface area contributed by atoms with Gasteiger partial charge in [-0.15, -0.1) is 0 Å². The molecule has 5 nitrogen and oxygen atoms in total. The van der Waals surface area contributed by atoms with Crippen molar-refractivity contribution in [2.45, 2.75) is 45.8 Å². The molecule has 1 N–H and O–H groups in total. The molecule has 2 aliphatic rings. The maximum atomic E-state index is 6.13. The Labute approximate surface area is 133 Å². The summed E-state index contributed by atoms with van der Waals surface area (Å²) in [5.41, 5.74) is 1.37. The highest BCUT2D eigenvalue weighted by atomic mass is 16.7. The van der Waals surface area contributed by atoms with Crippen LogP contribution in [-0.2, 0) is 9.31 Å². The molecule has 3 heterocycles. The first-order chi connectivity index (χ1) is 10.3. The zero-order valence-corrected chi connectivity index (χ0v) is 14.3. The molecule has 0 spiro atoms. The Morgan fingerprint density at radius 3 is 2.23 bits per heavy atom. The van der Waals surface area contributed by atoms with Gasteiger partial charge < -0.3 is 19.5 Å². The molecule has 0 bridgehead atoms. The number of hydrogen-bond acceptors (Lipinski definition) is 5. The Morgan fingerprint density at radius 2 is 1.68 bits per heavy atom. The van der Waals surface area contributed by atoms with E-state index in [0.29, 0.717) is 0 Å². The van der Waals surface area contributed by atoms with Gasteiger partial charge in [0.1, 0.15) is 5.82 Å². The number of aromatic nitrogens is 1. The summed E-state index contributed by atoms with van der Waals surface area (Å²) in [6.45, 7) is 14.4. The fourth-order valence-electron chi connectivity index (χ4n) is 2.85. The van der Waals surface area contributed by atoms with Gasteiger partial charge >= 0.3 is 7.12 Å². The molecule has 1 aromatic rings. The van der Waals surface area contributed by atoms with Crippen LogP contribution in [0.5, 0.6) is 0 Å². The minimum atomic E-state index is -0.338. The Morgan fingerprint density at radius 1 is 1.09 bits per heavy atom. The molecule has 0 aromatic carbocycles. The van der Waals surface area contributed by atoms with Crippen LogP contribution in [-0.4, -0.2) is 49.5 Å². The lowest BCUT2D eigenvalue weighted by Crippen LogP contribution is -2.44. The Balaban J connectivity index is 1.81. The highest BCUT2D eigenvalue weighted by Crippen LogP contribution is 2.36. The van der Waals surface area contributed by atoms with Gasteiger partial charge in [-0.1, -0.05) is 6.07 Å². The molecule has 0 atom stereocenters. The van der Waals surface area contributed by atoms with Crippen molar-refractivity contribution in [2.24, 2.45) is 0 Å². The van der Waals surface area contributed by atoms with Gasteiger partial charge in [0.05, 0.1) is 11.2 Å². The van der Waals surface area contributed by atoms with Crippen LogP contribution < -0.4 is 15.7 Å². The van der Waals surface area contributed by atoms with Crippen LogP contribution >= 0.6 is 0 Å². The van der Waals surface area contributed by atoms with Crippen molar-refractivity contribution in [3.63, 3.8) is 0 Å². The first kappa shape index (κ1) is 15.8. The second-order valence-corrected chi connectivity index (χ2v) is 7.17. The van der Waals surface area contributed by atoms with Gasteiger partial charge in [-0.3, -0.25) is 0 Å². The first-order valence-corrected chi connectivity index (χ1v) is 8.09. The van der Waals surface area contributed by atoms with E-state index >= 15 is 0 Å². The van der Waals surface area contributed by atoms with Crippen molar-refractivity contribution >= 4 is 18.4 Å². The van der Waals surface area contributed by atoms with E-state index < -0.39 is 0 Å². The Bertz CT molecular complexity index is 540. The van der Waals surface area contributed by atoms with Crippen molar-refractivity contribution < 1.29 is 9.31 Å². The van der Waals surface area contributed by atoms with Gasteiger partial charge in [0, 0.05) is 37.3 Å². The number of nitrogens with one attached hydrogen (secondary N) is 1. The van der Waals surface area contributed by atoms with Crippen molar-refractivity contribution in [1.82, 2.24) is 10.3 Å². The largest absolute Gasteiger partial charge is 0.496 e. The van der Waals surface area contributed by atoms with Gasteiger partial charge in [-0.2, -0.15) is 0 Å². The SMILES string of the molecule is Cc1nc(N2CCNCC2)ccc1B1OC(C)(C)C(C)(C)O1.